The zero-order chi connectivity index (χ0) is 10.6. The molecule has 0 aromatic rings. The van der Waals surface area contributed by atoms with Crippen LogP contribution in [-0.4, -0.2) is 24.2 Å². The SMILES string of the molecule is CC(CNCC1CCCC1C)C(=O)O. The van der Waals surface area contributed by atoms with Crippen LogP contribution >= 0.6 is 0 Å². The van der Waals surface area contributed by atoms with Crippen molar-refractivity contribution in [3.63, 3.8) is 0 Å². The van der Waals surface area contributed by atoms with E-state index in [1.54, 1.807) is 6.92 Å². The third kappa shape index (κ3) is 3.29. The summed E-state index contributed by atoms with van der Waals surface area (Å²) in [7, 11) is 0. The Balaban J connectivity index is 2.11. The lowest BCUT2D eigenvalue weighted by Gasteiger charge is -2.16. The van der Waals surface area contributed by atoms with Crippen molar-refractivity contribution in [3.05, 3.63) is 0 Å². The molecule has 3 atom stereocenters. The van der Waals surface area contributed by atoms with Crippen LogP contribution in [0.1, 0.15) is 33.1 Å². The topological polar surface area (TPSA) is 49.3 Å². The lowest BCUT2D eigenvalue weighted by molar-refractivity contribution is -0.140. The van der Waals surface area contributed by atoms with Crippen molar-refractivity contribution >= 4 is 5.97 Å². The Labute approximate surface area is 85.9 Å². The molecule has 0 aromatic carbocycles. The van der Waals surface area contributed by atoms with Gasteiger partial charge in [-0.15, -0.1) is 0 Å². The fourth-order valence-electron chi connectivity index (χ4n) is 2.10. The molecule has 1 aliphatic carbocycles. The van der Waals surface area contributed by atoms with Crippen LogP contribution in [0.25, 0.3) is 0 Å². The van der Waals surface area contributed by atoms with Crippen LogP contribution in [-0.2, 0) is 4.79 Å². The lowest BCUT2D eigenvalue weighted by Crippen LogP contribution is -2.31. The number of carboxylic acid groups (broad SMARTS) is 1. The van der Waals surface area contributed by atoms with Gasteiger partial charge in [-0.05, 0) is 24.8 Å². The summed E-state index contributed by atoms with van der Waals surface area (Å²) in [6.45, 7) is 5.62. The molecule has 0 bridgehead atoms. The van der Waals surface area contributed by atoms with E-state index in [4.69, 9.17) is 5.11 Å². The number of aliphatic carboxylic acids is 1. The van der Waals surface area contributed by atoms with Crippen molar-refractivity contribution in [2.75, 3.05) is 13.1 Å². The molecule has 1 rings (SSSR count). The molecule has 0 aromatic heterocycles. The molecule has 2 N–H and O–H groups in total. The standard InChI is InChI=1S/C11H21NO2/c1-8-4-3-5-10(8)7-12-6-9(2)11(13)14/h8-10,12H,3-7H2,1-2H3,(H,13,14). The van der Waals surface area contributed by atoms with E-state index < -0.39 is 5.97 Å². The molecule has 3 nitrogen and oxygen atoms in total. The van der Waals surface area contributed by atoms with Crippen molar-refractivity contribution in [3.8, 4) is 0 Å². The van der Waals surface area contributed by atoms with Crippen molar-refractivity contribution in [2.24, 2.45) is 17.8 Å². The van der Waals surface area contributed by atoms with Crippen LogP contribution in [0.15, 0.2) is 0 Å². The molecule has 0 saturated heterocycles. The highest BCUT2D eigenvalue weighted by Crippen LogP contribution is 2.30. The molecular formula is C11H21NO2. The Kier molecular flexibility index (Phi) is 4.39. The Morgan fingerprint density at radius 2 is 2.29 bits per heavy atom. The molecule has 1 aliphatic rings. The molecule has 0 radical (unpaired) electrons. The average molecular weight is 199 g/mol. The van der Waals surface area contributed by atoms with Crippen molar-refractivity contribution in [2.45, 2.75) is 33.1 Å². The van der Waals surface area contributed by atoms with Gasteiger partial charge in [0.1, 0.15) is 0 Å². The highest BCUT2D eigenvalue weighted by atomic mass is 16.4. The van der Waals surface area contributed by atoms with Crippen molar-refractivity contribution in [1.82, 2.24) is 5.32 Å². The molecule has 0 aliphatic heterocycles. The van der Waals surface area contributed by atoms with Gasteiger partial charge in [-0.25, -0.2) is 0 Å². The Hall–Kier alpha value is -0.570. The highest BCUT2D eigenvalue weighted by molar-refractivity contribution is 5.69. The summed E-state index contributed by atoms with van der Waals surface area (Å²) < 4.78 is 0. The van der Waals surface area contributed by atoms with Crippen LogP contribution in [0.4, 0.5) is 0 Å². The second kappa shape index (κ2) is 5.35. The van der Waals surface area contributed by atoms with Gasteiger partial charge in [0.15, 0.2) is 0 Å². The summed E-state index contributed by atoms with van der Waals surface area (Å²) in [5.41, 5.74) is 0. The quantitative estimate of drug-likeness (QED) is 0.709. The van der Waals surface area contributed by atoms with Crippen LogP contribution in [0.5, 0.6) is 0 Å². The Morgan fingerprint density at radius 3 is 2.79 bits per heavy atom. The summed E-state index contributed by atoms with van der Waals surface area (Å²) in [5.74, 6) is 0.585. The third-order valence-electron chi connectivity index (χ3n) is 3.32. The van der Waals surface area contributed by atoms with E-state index in [9.17, 15) is 4.79 Å². The Morgan fingerprint density at radius 1 is 1.57 bits per heavy atom. The predicted octanol–water partition coefficient (Wildman–Crippen LogP) is 1.73. The maximum atomic E-state index is 10.6. The van der Waals surface area contributed by atoms with Gasteiger partial charge in [-0.1, -0.05) is 26.7 Å². The molecule has 1 saturated carbocycles. The summed E-state index contributed by atoms with van der Waals surface area (Å²) in [6.07, 6.45) is 3.97. The summed E-state index contributed by atoms with van der Waals surface area (Å²) in [4.78, 5) is 10.6. The van der Waals surface area contributed by atoms with E-state index in [0.717, 1.165) is 18.4 Å². The average Bonchev–Trinajstić information content (AvgIpc) is 2.51. The molecule has 3 unspecified atom stereocenters. The maximum absolute atomic E-state index is 10.6. The Bertz CT molecular complexity index is 194. The molecule has 3 heteroatoms. The van der Waals surface area contributed by atoms with Gasteiger partial charge >= 0.3 is 5.97 Å². The van der Waals surface area contributed by atoms with Crippen LogP contribution in [0.2, 0.25) is 0 Å². The van der Waals surface area contributed by atoms with Gasteiger partial charge in [0.05, 0.1) is 5.92 Å². The number of carbonyl (C=O) groups is 1. The van der Waals surface area contributed by atoms with Gasteiger partial charge in [0, 0.05) is 6.54 Å². The number of nitrogens with one attached hydrogen (secondary N) is 1. The minimum Gasteiger partial charge on any atom is -0.481 e. The molecule has 14 heavy (non-hydrogen) atoms. The molecule has 0 spiro atoms. The van der Waals surface area contributed by atoms with Crippen molar-refractivity contribution in [1.29, 1.82) is 0 Å². The molecule has 0 heterocycles. The fraction of sp³-hybridized carbons (Fsp3) is 0.909. The van der Waals surface area contributed by atoms with E-state index >= 15 is 0 Å². The van der Waals surface area contributed by atoms with E-state index in [1.807, 2.05) is 0 Å². The second-order valence-corrected chi connectivity index (χ2v) is 4.57. The minimum atomic E-state index is -0.711. The predicted molar refractivity (Wildman–Crippen MR) is 56.2 cm³/mol. The maximum Gasteiger partial charge on any atom is 0.307 e. The third-order valence-corrected chi connectivity index (χ3v) is 3.32. The highest BCUT2D eigenvalue weighted by Gasteiger charge is 2.23. The first-order valence-corrected chi connectivity index (χ1v) is 5.54. The number of hydrogen-bond donors (Lipinski definition) is 2. The van der Waals surface area contributed by atoms with Crippen LogP contribution in [0.3, 0.4) is 0 Å². The molecular weight excluding hydrogens is 178 g/mol. The van der Waals surface area contributed by atoms with Gasteiger partial charge in [0.2, 0.25) is 0 Å². The summed E-state index contributed by atoms with van der Waals surface area (Å²) >= 11 is 0. The molecule has 82 valence electrons. The van der Waals surface area contributed by atoms with Gasteiger partial charge in [-0.2, -0.15) is 0 Å². The zero-order valence-corrected chi connectivity index (χ0v) is 9.12. The van der Waals surface area contributed by atoms with Crippen LogP contribution in [0, 0.1) is 17.8 Å². The number of carboxylic acids is 1. The molecule has 1 fully saturated rings. The van der Waals surface area contributed by atoms with E-state index in [2.05, 4.69) is 12.2 Å². The monoisotopic (exact) mass is 199 g/mol. The largest absolute Gasteiger partial charge is 0.481 e. The number of hydrogen-bond acceptors (Lipinski definition) is 2. The smallest absolute Gasteiger partial charge is 0.307 e. The lowest BCUT2D eigenvalue weighted by atomic mass is 9.98. The van der Waals surface area contributed by atoms with Crippen LogP contribution < -0.4 is 5.32 Å². The summed E-state index contributed by atoms with van der Waals surface area (Å²) in [5, 5.41) is 11.9. The molecule has 0 amide bonds. The van der Waals surface area contributed by atoms with E-state index in [-0.39, 0.29) is 5.92 Å². The second-order valence-electron chi connectivity index (χ2n) is 4.57. The first-order chi connectivity index (χ1) is 6.61. The number of rotatable bonds is 5. The van der Waals surface area contributed by atoms with Gasteiger partial charge in [-0.3, -0.25) is 4.79 Å². The van der Waals surface area contributed by atoms with Gasteiger partial charge in [0.25, 0.3) is 0 Å². The zero-order valence-electron chi connectivity index (χ0n) is 9.12. The normalized spacial score (nSPS) is 29.0. The van der Waals surface area contributed by atoms with E-state index in [1.165, 1.54) is 19.3 Å². The fourth-order valence-corrected chi connectivity index (χ4v) is 2.10. The van der Waals surface area contributed by atoms with Gasteiger partial charge < -0.3 is 10.4 Å². The first kappa shape index (κ1) is 11.5. The summed E-state index contributed by atoms with van der Waals surface area (Å²) in [6, 6.07) is 0. The minimum absolute atomic E-state index is 0.272. The van der Waals surface area contributed by atoms with Crippen molar-refractivity contribution < 1.29 is 9.90 Å². The van der Waals surface area contributed by atoms with E-state index in [0.29, 0.717) is 6.54 Å². The first-order valence-electron chi connectivity index (χ1n) is 5.54.